The van der Waals surface area contributed by atoms with Gasteiger partial charge in [0.1, 0.15) is 0 Å². The Bertz CT molecular complexity index is 923. The highest BCUT2D eigenvalue weighted by atomic mass is 127. The van der Waals surface area contributed by atoms with Crippen molar-refractivity contribution in [2.24, 2.45) is 35.5 Å². The van der Waals surface area contributed by atoms with E-state index in [0.29, 0.717) is 16.2 Å². The summed E-state index contributed by atoms with van der Waals surface area (Å²) in [6.07, 6.45) is 23.4. The van der Waals surface area contributed by atoms with Gasteiger partial charge in [-0.05, 0) is 150 Å². The van der Waals surface area contributed by atoms with Crippen LogP contribution < -0.4 is 0 Å². The van der Waals surface area contributed by atoms with Crippen molar-refractivity contribution in [2.45, 2.75) is 154 Å². The Morgan fingerprint density at radius 3 is 1.61 bits per heavy atom. The summed E-state index contributed by atoms with van der Waals surface area (Å²) in [4.78, 5) is 0. The first-order valence-electron chi connectivity index (χ1n) is 16.8. The van der Waals surface area contributed by atoms with Crippen LogP contribution in [-0.4, -0.2) is 4.43 Å². The standard InChI is InChI=1S/C37H57I/c1-25-14-31(12-13-38)20-35(3,19-25)32-17-33(36(4)21-27-8-6-9-28(15-27)22-36)26(2)34(18-32)37(5)23-29-10-7-11-30(16-29)24-37/h17-18,25,27-31H,6-16,19-24H2,1-5H3. The molecule has 1 aromatic carbocycles. The summed E-state index contributed by atoms with van der Waals surface area (Å²) >= 11 is 2.63. The van der Waals surface area contributed by atoms with E-state index in [2.05, 4.69) is 69.3 Å². The summed E-state index contributed by atoms with van der Waals surface area (Å²) in [6, 6.07) is 5.65. The van der Waals surface area contributed by atoms with Gasteiger partial charge in [-0.1, -0.05) is 101 Å². The highest BCUT2D eigenvalue weighted by Gasteiger charge is 2.46. The fourth-order valence-electron chi connectivity index (χ4n) is 11.9. The molecule has 212 valence electrons. The van der Waals surface area contributed by atoms with Gasteiger partial charge in [0.15, 0.2) is 0 Å². The Morgan fingerprint density at radius 1 is 0.684 bits per heavy atom. The van der Waals surface area contributed by atoms with Crippen LogP contribution in [0.15, 0.2) is 12.1 Å². The Balaban J connectivity index is 1.46. The largest absolute Gasteiger partial charge is 0.0864 e. The van der Waals surface area contributed by atoms with Crippen molar-refractivity contribution < 1.29 is 0 Å². The van der Waals surface area contributed by atoms with Gasteiger partial charge in [0.2, 0.25) is 0 Å². The van der Waals surface area contributed by atoms with Crippen molar-refractivity contribution in [1.29, 1.82) is 0 Å². The molecule has 0 spiro atoms. The first kappa shape index (κ1) is 28.1. The van der Waals surface area contributed by atoms with Crippen molar-refractivity contribution in [3.05, 3.63) is 34.4 Å². The number of hydrogen-bond acceptors (Lipinski definition) is 0. The van der Waals surface area contributed by atoms with E-state index < -0.39 is 0 Å². The van der Waals surface area contributed by atoms with E-state index in [1.54, 1.807) is 22.3 Å². The van der Waals surface area contributed by atoms with Gasteiger partial charge in [-0.3, -0.25) is 0 Å². The monoisotopic (exact) mass is 628 g/mol. The highest BCUT2D eigenvalue weighted by Crippen LogP contribution is 2.56. The Kier molecular flexibility index (Phi) is 7.87. The molecule has 1 aromatic rings. The minimum atomic E-state index is 0.340. The van der Waals surface area contributed by atoms with Crippen LogP contribution in [-0.2, 0) is 16.2 Å². The average molecular weight is 629 g/mol. The first-order valence-corrected chi connectivity index (χ1v) is 18.3. The molecule has 7 unspecified atom stereocenters. The third-order valence-corrected chi connectivity index (χ3v) is 13.6. The second-order valence-electron chi connectivity index (χ2n) is 16.6. The number of rotatable bonds is 5. The number of benzene rings is 1. The fraction of sp³-hybridized carbons (Fsp3) is 0.838. The Hall–Kier alpha value is -0.0500. The molecule has 0 aromatic heterocycles. The number of fused-ring (bicyclic) bond motifs is 4. The zero-order valence-corrected chi connectivity index (χ0v) is 27.7. The van der Waals surface area contributed by atoms with Crippen LogP contribution in [0.4, 0.5) is 0 Å². The molecule has 0 heterocycles. The maximum atomic E-state index is 2.83. The Labute approximate surface area is 249 Å². The lowest BCUT2D eigenvalue weighted by Gasteiger charge is -2.50. The summed E-state index contributed by atoms with van der Waals surface area (Å²) in [7, 11) is 0. The molecule has 0 radical (unpaired) electrons. The van der Waals surface area contributed by atoms with Crippen LogP contribution in [0.5, 0.6) is 0 Å². The van der Waals surface area contributed by atoms with E-state index in [4.69, 9.17) is 0 Å². The minimum Gasteiger partial charge on any atom is -0.0864 e. The maximum absolute atomic E-state index is 2.83. The molecule has 5 aliphatic carbocycles. The molecule has 7 atom stereocenters. The third kappa shape index (κ3) is 5.31. The molecule has 0 saturated heterocycles. The van der Waals surface area contributed by atoms with E-state index in [1.165, 1.54) is 107 Å². The summed E-state index contributed by atoms with van der Waals surface area (Å²) in [6.45, 7) is 13.2. The molecule has 4 bridgehead atoms. The summed E-state index contributed by atoms with van der Waals surface area (Å²) < 4.78 is 1.32. The van der Waals surface area contributed by atoms with E-state index in [9.17, 15) is 0 Å². The molecule has 1 heteroatoms. The second kappa shape index (κ2) is 10.7. The van der Waals surface area contributed by atoms with Crippen LogP contribution in [0.1, 0.15) is 153 Å². The molecule has 0 N–H and O–H groups in total. The molecule has 38 heavy (non-hydrogen) atoms. The number of halogens is 1. The molecule has 5 fully saturated rings. The zero-order chi connectivity index (χ0) is 26.7. The SMILES string of the molecule is Cc1c(C2(C)CC3CCCC(C3)C2)cc(C2(C)CC(C)CC(CCI)C2)cc1C1(C)CC2CCCC(C2)C1. The topological polar surface area (TPSA) is 0 Å². The van der Waals surface area contributed by atoms with Gasteiger partial charge in [0.25, 0.3) is 0 Å². The normalized spacial score (nSPS) is 45.1. The molecule has 0 amide bonds. The lowest BCUT2D eigenvalue weighted by atomic mass is 9.55. The van der Waals surface area contributed by atoms with Gasteiger partial charge in [-0.25, -0.2) is 0 Å². The quantitative estimate of drug-likeness (QED) is 0.225. The molecular formula is C37H57I. The van der Waals surface area contributed by atoms with E-state index >= 15 is 0 Å². The van der Waals surface area contributed by atoms with Crippen LogP contribution >= 0.6 is 22.6 Å². The first-order chi connectivity index (χ1) is 18.1. The molecule has 6 rings (SSSR count). The zero-order valence-electron chi connectivity index (χ0n) is 25.5. The molecule has 5 aliphatic rings. The number of hydrogen-bond donors (Lipinski definition) is 0. The molecule has 5 saturated carbocycles. The predicted molar refractivity (Wildman–Crippen MR) is 173 cm³/mol. The van der Waals surface area contributed by atoms with Crippen molar-refractivity contribution in [3.63, 3.8) is 0 Å². The summed E-state index contributed by atoms with van der Waals surface area (Å²) in [5, 5.41) is 0. The van der Waals surface area contributed by atoms with E-state index in [0.717, 1.165) is 35.5 Å². The van der Waals surface area contributed by atoms with Crippen molar-refractivity contribution in [1.82, 2.24) is 0 Å². The van der Waals surface area contributed by atoms with Gasteiger partial charge in [0.05, 0.1) is 0 Å². The maximum Gasteiger partial charge on any atom is -0.000208 e. The average Bonchev–Trinajstić information content (AvgIpc) is 2.83. The summed E-state index contributed by atoms with van der Waals surface area (Å²) in [5.41, 5.74) is 8.14. The lowest BCUT2D eigenvalue weighted by Crippen LogP contribution is -2.41. The van der Waals surface area contributed by atoms with E-state index in [1.807, 2.05) is 0 Å². The van der Waals surface area contributed by atoms with Gasteiger partial charge in [-0.15, -0.1) is 0 Å². The van der Waals surface area contributed by atoms with Crippen molar-refractivity contribution >= 4 is 22.6 Å². The Morgan fingerprint density at radius 2 is 1.16 bits per heavy atom. The van der Waals surface area contributed by atoms with Crippen LogP contribution in [0.2, 0.25) is 0 Å². The van der Waals surface area contributed by atoms with E-state index in [-0.39, 0.29) is 0 Å². The summed E-state index contributed by atoms with van der Waals surface area (Å²) in [5.74, 6) is 5.65. The highest BCUT2D eigenvalue weighted by molar-refractivity contribution is 14.1. The van der Waals surface area contributed by atoms with Gasteiger partial charge in [-0.2, -0.15) is 0 Å². The predicted octanol–water partition coefficient (Wildman–Crippen LogP) is 11.2. The van der Waals surface area contributed by atoms with Crippen LogP contribution in [0, 0.1) is 42.4 Å². The van der Waals surface area contributed by atoms with Crippen molar-refractivity contribution in [3.8, 4) is 0 Å². The van der Waals surface area contributed by atoms with Gasteiger partial charge >= 0.3 is 0 Å². The van der Waals surface area contributed by atoms with Gasteiger partial charge in [0, 0.05) is 0 Å². The van der Waals surface area contributed by atoms with Gasteiger partial charge < -0.3 is 0 Å². The number of alkyl halides is 1. The minimum absolute atomic E-state index is 0.340. The molecule has 0 nitrogen and oxygen atoms in total. The van der Waals surface area contributed by atoms with Crippen LogP contribution in [0.3, 0.4) is 0 Å². The lowest BCUT2D eigenvalue weighted by molar-refractivity contribution is 0.115. The van der Waals surface area contributed by atoms with Crippen LogP contribution in [0.25, 0.3) is 0 Å². The fourth-order valence-corrected chi connectivity index (χ4v) is 12.7. The molecule has 0 aliphatic heterocycles. The second-order valence-corrected chi connectivity index (χ2v) is 17.7. The smallest absolute Gasteiger partial charge is 0.000208 e. The van der Waals surface area contributed by atoms with Crippen molar-refractivity contribution in [2.75, 3.05) is 4.43 Å². The molecular weight excluding hydrogens is 571 g/mol. The third-order valence-electron chi connectivity index (χ3n) is 12.9.